The molecule has 0 aliphatic carbocycles. The average molecular weight is 243 g/mol. The van der Waals surface area contributed by atoms with E-state index in [-0.39, 0.29) is 0 Å². The summed E-state index contributed by atoms with van der Waals surface area (Å²) >= 11 is 0. The average Bonchev–Trinajstić information content (AvgIpc) is 2.92. The molecule has 3 rings (SSSR count). The van der Waals surface area contributed by atoms with Crippen LogP contribution in [0.1, 0.15) is 16.8 Å². The Bertz CT molecular complexity index is 507. The SMILES string of the molecule is Cc1nnc(N2C[C@H]3CNC[C@H]3C2)c(C#N)c1C. The maximum atomic E-state index is 9.33. The maximum Gasteiger partial charge on any atom is 0.169 e. The highest BCUT2D eigenvalue weighted by Gasteiger charge is 2.37. The third-order valence-electron chi connectivity index (χ3n) is 4.24. The second-order valence-corrected chi connectivity index (χ2v) is 5.30. The summed E-state index contributed by atoms with van der Waals surface area (Å²) in [6, 6.07) is 2.29. The van der Waals surface area contributed by atoms with E-state index in [1.165, 1.54) is 0 Å². The lowest BCUT2D eigenvalue weighted by Crippen LogP contribution is -2.27. The van der Waals surface area contributed by atoms with E-state index in [4.69, 9.17) is 0 Å². The van der Waals surface area contributed by atoms with Crippen LogP contribution >= 0.6 is 0 Å². The van der Waals surface area contributed by atoms with E-state index in [2.05, 4.69) is 26.5 Å². The van der Waals surface area contributed by atoms with Gasteiger partial charge >= 0.3 is 0 Å². The van der Waals surface area contributed by atoms with E-state index < -0.39 is 0 Å². The second-order valence-electron chi connectivity index (χ2n) is 5.30. The summed E-state index contributed by atoms with van der Waals surface area (Å²) in [6.07, 6.45) is 0. The van der Waals surface area contributed by atoms with Crippen LogP contribution in [0.5, 0.6) is 0 Å². The van der Waals surface area contributed by atoms with E-state index in [1.807, 2.05) is 13.8 Å². The molecule has 0 unspecified atom stereocenters. The minimum Gasteiger partial charge on any atom is -0.353 e. The molecule has 18 heavy (non-hydrogen) atoms. The Hall–Kier alpha value is -1.67. The second kappa shape index (κ2) is 4.21. The van der Waals surface area contributed by atoms with E-state index in [0.29, 0.717) is 17.4 Å². The molecule has 1 aromatic rings. The minimum atomic E-state index is 0.690. The lowest BCUT2D eigenvalue weighted by atomic mass is 10.0. The van der Waals surface area contributed by atoms with Crippen molar-refractivity contribution in [2.75, 3.05) is 31.1 Å². The summed E-state index contributed by atoms with van der Waals surface area (Å²) < 4.78 is 0. The van der Waals surface area contributed by atoms with Gasteiger partial charge in [0.1, 0.15) is 11.6 Å². The van der Waals surface area contributed by atoms with Gasteiger partial charge in [-0.15, -0.1) is 5.10 Å². The van der Waals surface area contributed by atoms with E-state index in [0.717, 1.165) is 43.3 Å². The smallest absolute Gasteiger partial charge is 0.169 e. The molecule has 5 nitrogen and oxygen atoms in total. The predicted molar refractivity (Wildman–Crippen MR) is 68.3 cm³/mol. The van der Waals surface area contributed by atoms with Crippen LogP contribution in [0.4, 0.5) is 5.82 Å². The molecular weight excluding hydrogens is 226 g/mol. The Labute approximate surface area is 107 Å². The molecule has 2 fully saturated rings. The van der Waals surface area contributed by atoms with Gasteiger partial charge in [-0.3, -0.25) is 0 Å². The van der Waals surface area contributed by atoms with Crippen molar-refractivity contribution in [3.8, 4) is 6.07 Å². The summed E-state index contributed by atoms with van der Waals surface area (Å²) in [5.41, 5.74) is 2.49. The number of nitrogens with zero attached hydrogens (tertiary/aromatic N) is 4. The molecule has 2 atom stereocenters. The van der Waals surface area contributed by atoms with Crippen molar-refractivity contribution in [3.63, 3.8) is 0 Å². The van der Waals surface area contributed by atoms with Gasteiger partial charge in [-0.25, -0.2) is 0 Å². The highest BCUT2D eigenvalue weighted by molar-refractivity contribution is 5.58. The zero-order valence-electron chi connectivity index (χ0n) is 10.8. The van der Waals surface area contributed by atoms with Crippen molar-refractivity contribution in [1.29, 1.82) is 5.26 Å². The predicted octanol–water partition coefficient (Wildman–Crippen LogP) is 0.621. The first-order valence-electron chi connectivity index (χ1n) is 6.40. The fourth-order valence-corrected chi connectivity index (χ4v) is 2.98. The van der Waals surface area contributed by atoms with Gasteiger partial charge in [0, 0.05) is 26.2 Å². The number of aromatic nitrogens is 2. The number of nitriles is 1. The maximum absolute atomic E-state index is 9.33. The Morgan fingerprint density at radius 2 is 1.89 bits per heavy atom. The molecule has 3 heterocycles. The van der Waals surface area contributed by atoms with Crippen LogP contribution in [-0.4, -0.2) is 36.4 Å². The molecule has 2 aliphatic rings. The number of fused-ring (bicyclic) bond motifs is 1. The van der Waals surface area contributed by atoms with Crippen LogP contribution in [-0.2, 0) is 0 Å². The first-order chi connectivity index (χ1) is 8.70. The molecular formula is C13H17N5. The van der Waals surface area contributed by atoms with E-state index in [1.54, 1.807) is 0 Å². The summed E-state index contributed by atoms with van der Waals surface area (Å²) in [5, 5.41) is 21.2. The van der Waals surface area contributed by atoms with Gasteiger partial charge in [0.05, 0.1) is 5.69 Å². The Morgan fingerprint density at radius 1 is 1.22 bits per heavy atom. The summed E-state index contributed by atoms with van der Waals surface area (Å²) in [7, 11) is 0. The van der Waals surface area contributed by atoms with Gasteiger partial charge in [0.25, 0.3) is 0 Å². The Kier molecular flexibility index (Phi) is 2.67. The van der Waals surface area contributed by atoms with Crippen molar-refractivity contribution in [2.24, 2.45) is 11.8 Å². The number of nitrogens with one attached hydrogen (secondary N) is 1. The van der Waals surface area contributed by atoms with Crippen molar-refractivity contribution < 1.29 is 0 Å². The van der Waals surface area contributed by atoms with Crippen LogP contribution in [0.3, 0.4) is 0 Å². The van der Waals surface area contributed by atoms with Crippen molar-refractivity contribution >= 4 is 5.82 Å². The van der Waals surface area contributed by atoms with E-state index >= 15 is 0 Å². The Morgan fingerprint density at radius 3 is 2.50 bits per heavy atom. The van der Waals surface area contributed by atoms with E-state index in [9.17, 15) is 5.26 Å². The molecule has 1 aromatic heterocycles. The standard InChI is InChI=1S/C13H17N5/c1-8-9(2)16-17-13(12(8)3-14)18-6-10-4-15-5-11(10)7-18/h10-11,15H,4-7H2,1-2H3/t10-,11+. The normalized spacial score (nSPS) is 26.2. The van der Waals surface area contributed by atoms with Gasteiger partial charge in [-0.2, -0.15) is 10.4 Å². The number of rotatable bonds is 1. The largest absolute Gasteiger partial charge is 0.353 e. The molecule has 2 aliphatic heterocycles. The number of hydrogen-bond donors (Lipinski definition) is 1. The highest BCUT2D eigenvalue weighted by atomic mass is 15.3. The summed E-state index contributed by atoms with van der Waals surface area (Å²) in [5.74, 6) is 2.16. The first kappa shape index (κ1) is 11.4. The van der Waals surface area contributed by atoms with Crippen molar-refractivity contribution in [3.05, 3.63) is 16.8 Å². The summed E-state index contributed by atoms with van der Waals surface area (Å²) in [6.45, 7) is 8.00. The molecule has 1 N–H and O–H groups in total. The van der Waals surface area contributed by atoms with Crippen LogP contribution in [0.2, 0.25) is 0 Å². The van der Waals surface area contributed by atoms with Crippen molar-refractivity contribution in [1.82, 2.24) is 15.5 Å². The van der Waals surface area contributed by atoms with Crippen LogP contribution < -0.4 is 10.2 Å². The molecule has 0 spiro atoms. The molecule has 0 radical (unpaired) electrons. The molecule has 0 aromatic carbocycles. The zero-order valence-corrected chi connectivity index (χ0v) is 10.8. The van der Waals surface area contributed by atoms with Gasteiger partial charge in [-0.1, -0.05) is 0 Å². The fraction of sp³-hybridized carbons (Fsp3) is 0.615. The molecule has 0 amide bonds. The third-order valence-corrected chi connectivity index (χ3v) is 4.24. The third kappa shape index (κ3) is 1.65. The molecule has 5 heteroatoms. The fourth-order valence-electron chi connectivity index (χ4n) is 2.98. The highest BCUT2D eigenvalue weighted by Crippen LogP contribution is 2.31. The first-order valence-corrected chi connectivity index (χ1v) is 6.40. The minimum absolute atomic E-state index is 0.690. The molecule has 0 saturated carbocycles. The summed E-state index contributed by atoms with van der Waals surface area (Å²) in [4.78, 5) is 2.23. The van der Waals surface area contributed by atoms with Gasteiger partial charge in [0.15, 0.2) is 5.82 Å². The van der Waals surface area contributed by atoms with Crippen LogP contribution in [0, 0.1) is 37.0 Å². The van der Waals surface area contributed by atoms with Crippen molar-refractivity contribution in [2.45, 2.75) is 13.8 Å². The quantitative estimate of drug-likeness (QED) is 0.783. The molecule has 94 valence electrons. The monoisotopic (exact) mass is 243 g/mol. The lowest BCUT2D eigenvalue weighted by Gasteiger charge is -2.20. The Balaban J connectivity index is 1.94. The number of aryl methyl sites for hydroxylation is 1. The van der Waals surface area contributed by atoms with Crippen LogP contribution in [0.15, 0.2) is 0 Å². The van der Waals surface area contributed by atoms with Gasteiger partial charge in [-0.05, 0) is 31.2 Å². The topological polar surface area (TPSA) is 64.8 Å². The molecule has 2 saturated heterocycles. The molecule has 0 bridgehead atoms. The zero-order chi connectivity index (χ0) is 12.7. The number of anilines is 1. The van der Waals surface area contributed by atoms with Gasteiger partial charge < -0.3 is 10.2 Å². The van der Waals surface area contributed by atoms with Crippen LogP contribution in [0.25, 0.3) is 0 Å². The lowest BCUT2D eigenvalue weighted by molar-refractivity contribution is 0.533. The van der Waals surface area contributed by atoms with Gasteiger partial charge in [0.2, 0.25) is 0 Å². The number of hydrogen-bond acceptors (Lipinski definition) is 5.